The van der Waals surface area contributed by atoms with E-state index in [-0.39, 0.29) is 4.90 Å². The fourth-order valence-corrected chi connectivity index (χ4v) is 6.60. The largest absolute Gasteiger partial charge is 0.296 e. The zero-order valence-corrected chi connectivity index (χ0v) is 18.2. The monoisotopic (exact) mass is 446 g/mol. The summed E-state index contributed by atoms with van der Waals surface area (Å²) in [6, 6.07) is 4.83. The van der Waals surface area contributed by atoms with Crippen molar-refractivity contribution in [2.75, 3.05) is 17.8 Å². The molecule has 0 spiro atoms. The van der Waals surface area contributed by atoms with Gasteiger partial charge in [0.25, 0.3) is 10.0 Å². The molecular weight excluding hydrogens is 423 g/mol. The number of aryl methyl sites for hydroxylation is 2. The summed E-state index contributed by atoms with van der Waals surface area (Å²) < 4.78 is 41.9. The number of nitrogens with one attached hydrogen (secondary N) is 1. The summed E-state index contributed by atoms with van der Waals surface area (Å²) in [7, 11) is -3.88. The number of piperidine rings is 1. The number of hydrogen-bond acceptors (Lipinski definition) is 6. The highest BCUT2D eigenvalue weighted by Crippen LogP contribution is 2.40. The van der Waals surface area contributed by atoms with Crippen LogP contribution in [0.4, 0.5) is 10.2 Å². The summed E-state index contributed by atoms with van der Waals surface area (Å²) in [6.45, 7) is 2.64. The second-order valence-corrected chi connectivity index (χ2v) is 10.7. The molecule has 30 heavy (non-hydrogen) atoms. The number of nitrogens with zero attached hydrogens (tertiary/aromatic N) is 3. The normalized spacial score (nSPS) is 17.4. The van der Waals surface area contributed by atoms with E-state index in [1.54, 1.807) is 11.3 Å². The van der Waals surface area contributed by atoms with Gasteiger partial charge >= 0.3 is 0 Å². The SMILES string of the molecule is O=S(=O)(Nc1nc(CN2CCCCC2)nc2sc3c(c12)CCC3)c1ccc(F)cc1. The van der Waals surface area contributed by atoms with Gasteiger partial charge in [-0.25, -0.2) is 22.8 Å². The predicted octanol–water partition coefficient (Wildman–Crippen LogP) is 4.11. The van der Waals surface area contributed by atoms with Crippen LogP contribution in [-0.2, 0) is 29.4 Å². The molecule has 9 heteroatoms. The van der Waals surface area contributed by atoms with Crippen LogP contribution in [0.15, 0.2) is 29.2 Å². The molecule has 1 aromatic carbocycles. The van der Waals surface area contributed by atoms with Crippen molar-refractivity contribution < 1.29 is 12.8 Å². The summed E-state index contributed by atoms with van der Waals surface area (Å²) in [4.78, 5) is 13.9. The standard InChI is InChI=1S/C21H23FN4O2S2/c22-14-7-9-15(10-8-14)30(27,28)25-20-19-16-5-4-6-17(16)29-21(19)24-18(23-20)13-26-11-2-1-3-12-26/h7-10H,1-6,11-13H2,(H,23,24,25). The molecule has 2 aliphatic rings. The topological polar surface area (TPSA) is 75.2 Å². The first-order chi connectivity index (χ1) is 14.5. The summed E-state index contributed by atoms with van der Waals surface area (Å²) in [5.41, 5.74) is 1.16. The zero-order valence-electron chi connectivity index (χ0n) is 16.5. The number of benzene rings is 1. The first-order valence-electron chi connectivity index (χ1n) is 10.3. The highest BCUT2D eigenvalue weighted by atomic mass is 32.2. The van der Waals surface area contributed by atoms with Crippen LogP contribution in [-0.4, -0.2) is 36.4 Å². The molecule has 0 radical (unpaired) electrons. The first kappa shape index (κ1) is 19.8. The molecule has 0 atom stereocenters. The molecule has 0 amide bonds. The van der Waals surface area contributed by atoms with Gasteiger partial charge in [-0.05, 0) is 75.0 Å². The molecule has 0 saturated carbocycles. The Hall–Kier alpha value is -2.10. The van der Waals surface area contributed by atoms with Crippen molar-refractivity contribution in [1.82, 2.24) is 14.9 Å². The van der Waals surface area contributed by atoms with Gasteiger partial charge in [-0.3, -0.25) is 9.62 Å². The van der Waals surface area contributed by atoms with Crippen LogP contribution in [0.1, 0.15) is 41.9 Å². The second kappa shape index (κ2) is 7.86. The molecule has 2 aromatic heterocycles. The van der Waals surface area contributed by atoms with E-state index in [9.17, 15) is 12.8 Å². The maximum absolute atomic E-state index is 13.3. The lowest BCUT2D eigenvalue weighted by molar-refractivity contribution is 0.216. The minimum atomic E-state index is -3.88. The Morgan fingerprint density at radius 2 is 1.80 bits per heavy atom. The predicted molar refractivity (Wildman–Crippen MR) is 116 cm³/mol. The lowest BCUT2D eigenvalue weighted by Gasteiger charge is -2.25. The lowest BCUT2D eigenvalue weighted by atomic mass is 10.1. The number of hydrogen-bond donors (Lipinski definition) is 1. The van der Waals surface area contributed by atoms with E-state index < -0.39 is 15.8 Å². The highest BCUT2D eigenvalue weighted by Gasteiger charge is 2.25. The van der Waals surface area contributed by atoms with Crippen molar-refractivity contribution in [3.63, 3.8) is 0 Å². The van der Waals surface area contributed by atoms with Gasteiger partial charge in [0.2, 0.25) is 0 Å². The van der Waals surface area contributed by atoms with Gasteiger partial charge in [0.15, 0.2) is 5.82 Å². The average Bonchev–Trinajstić information content (AvgIpc) is 3.29. The van der Waals surface area contributed by atoms with Crippen molar-refractivity contribution in [3.8, 4) is 0 Å². The summed E-state index contributed by atoms with van der Waals surface area (Å²) >= 11 is 1.65. The van der Waals surface area contributed by atoms with Crippen molar-refractivity contribution in [3.05, 3.63) is 46.3 Å². The number of halogens is 1. The van der Waals surface area contributed by atoms with E-state index in [4.69, 9.17) is 4.98 Å². The minimum Gasteiger partial charge on any atom is -0.296 e. The Morgan fingerprint density at radius 1 is 1.03 bits per heavy atom. The third kappa shape index (κ3) is 3.81. The number of thiophene rings is 1. The Kier molecular flexibility index (Phi) is 5.20. The Morgan fingerprint density at radius 3 is 2.57 bits per heavy atom. The van der Waals surface area contributed by atoms with Crippen LogP contribution < -0.4 is 4.72 Å². The lowest BCUT2D eigenvalue weighted by Crippen LogP contribution is -2.30. The van der Waals surface area contributed by atoms with Gasteiger partial charge in [0, 0.05) is 4.88 Å². The van der Waals surface area contributed by atoms with Crippen LogP contribution in [0.25, 0.3) is 10.2 Å². The summed E-state index contributed by atoms with van der Waals surface area (Å²) in [6.07, 6.45) is 6.56. The van der Waals surface area contributed by atoms with Crippen molar-refractivity contribution in [1.29, 1.82) is 0 Å². The van der Waals surface area contributed by atoms with E-state index in [2.05, 4.69) is 14.6 Å². The first-order valence-corrected chi connectivity index (χ1v) is 12.6. The molecule has 158 valence electrons. The zero-order chi connectivity index (χ0) is 20.7. The van der Waals surface area contributed by atoms with Gasteiger partial charge in [-0.2, -0.15) is 0 Å². The smallest absolute Gasteiger partial charge is 0.263 e. The maximum Gasteiger partial charge on any atom is 0.263 e. The molecule has 0 bridgehead atoms. The van der Waals surface area contributed by atoms with Gasteiger partial charge in [0.05, 0.1) is 16.8 Å². The molecular formula is C21H23FN4O2S2. The van der Waals surface area contributed by atoms with Crippen LogP contribution in [0.2, 0.25) is 0 Å². The number of sulfonamides is 1. The Labute approximate surface area is 179 Å². The van der Waals surface area contributed by atoms with E-state index >= 15 is 0 Å². The van der Waals surface area contributed by atoms with Gasteiger partial charge in [-0.1, -0.05) is 6.42 Å². The van der Waals surface area contributed by atoms with E-state index in [0.29, 0.717) is 18.2 Å². The number of rotatable bonds is 5. The van der Waals surface area contributed by atoms with Crippen LogP contribution in [0, 0.1) is 5.82 Å². The number of likely N-dealkylation sites (tertiary alicyclic amines) is 1. The van der Waals surface area contributed by atoms with E-state index in [0.717, 1.165) is 60.3 Å². The second-order valence-electron chi connectivity index (χ2n) is 7.92. The molecule has 3 aromatic rings. The van der Waals surface area contributed by atoms with Gasteiger partial charge in [0.1, 0.15) is 16.5 Å². The molecule has 1 aliphatic heterocycles. The number of fused-ring (bicyclic) bond motifs is 3. The molecule has 1 N–H and O–H groups in total. The molecule has 3 heterocycles. The fourth-order valence-electron chi connectivity index (χ4n) is 4.30. The highest BCUT2D eigenvalue weighted by molar-refractivity contribution is 7.92. The third-order valence-corrected chi connectivity index (χ3v) is 8.32. The average molecular weight is 447 g/mol. The summed E-state index contributed by atoms with van der Waals surface area (Å²) in [5, 5.41) is 0.820. The van der Waals surface area contributed by atoms with Crippen LogP contribution in [0.5, 0.6) is 0 Å². The van der Waals surface area contributed by atoms with Gasteiger partial charge < -0.3 is 0 Å². The van der Waals surface area contributed by atoms with Crippen molar-refractivity contribution >= 4 is 37.4 Å². The quantitative estimate of drug-likeness (QED) is 0.639. The molecule has 1 aliphatic carbocycles. The van der Waals surface area contributed by atoms with Crippen molar-refractivity contribution in [2.45, 2.75) is 50.0 Å². The van der Waals surface area contributed by atoms with E-state index in [1.165, 1.54) is 36.3 Å². The minimum absolute atomic E-state index is 0.0140. The maximum atomic E-state index is 13.3. The van der Waals surface area contributed by atoms with Crippen molar-refractivity contribution in [2.24, 2.45) is 0 Å². The van der Waals surface area contributed by atoms with Crippen LogP contribution in [0.3, 0.4) is 0 Å². The number of aromatic nitrogens is 2. The van der Waals surface area contributed by atoms with Gasteiger partial charge in [-0.15, -0.1) is 11.3 Å². The Bertz CT molecular complexity index is 1190. The third-order valence-electron chi connectivity index (χ3n) is 5.78. The molecule has 5 rings (SSSR count). The number of anilines is 1. The molecule has 0 unspecified atom stereocenters. The van der Waals surface area contributed by atoms with Crippen LogP contribution >= 0.6 is 11.3 Å². The molecule has 1 saturated heterocycles. The van der Waals surface area contributed by atoms with E-state index in [1.807, 2.05) is 0 Å². The Balaban J connectivity index is 1.55. The fraction of sp³-hybridized carbons (Fsp3) is 0.429. The summed E-state index contributed by atoms with van der Waals surface area (Å²) in [5.74, 6) is 0.509. The molecule has 6 nitrogen and oxygen atoms in total. The molecule has 1 fully saturated rings.